The molecule has 0 rings (SSSR count). The molecule has 0 aliphatic heterocycles. The van der Waals surface area contributed by atoms with Crippen molar-refractivity contribution in [1.29, 1.82) is 0 Å². The summed E-state index contributed by atoms with van der Waals surface area (Å²) in [6.45, 7) is 10.4. The van der Waals surface area contributed by atoms with Gasteiger partial charge in [0, 0.05) is 18.1 Å². The number of rotatable bonds is 7. The molecule has 0 aromatic heterocycles. The van der Waals surface area contributed by atoms with E-state index in [-0.39, 0.29) is 24.0 Å². The fourth-order valence-electron chi connectivity index (χ4n) is 2.03. The third-order valence-electron chi connectivity index (χ3n) is 2.84. The second kappa shape index (κ2) is 6.89. The fraction of sp³-hybridized carbons (Fsp3) is 0.923. The van der Waals surface area contributed by atoms with Crippen LogP contribution in [-0.2, 0) is 4.79 Å². The minimum atomic E-state index is -0.322. The van der Waals surface area contributed by atoms with E-state index in [0.717, 1.165) is 12.8 Å². The number of hydrogen-bond donors (Lipinski definition) is 2. The molecule has 0 aromatic carbocycles. The van der Waals surface area contributed by atoms with E-state index >= 15 is 0 Å². The predicted molar refractivity (Wildman–Crippen MR) is 67.2 cm³/mol. The molecule has 0 aromatic rings. The summed E-state index contributed by atoms with van der Waals surface area (Å²) in [7, 11) is 0. The molecule has 0 heterocycles. The molecular weight excluding hydrogens is 202 g/mol. The maximum Gasteiger partial charge on any atom is 0.225 e. The number of amides is 1. The number of aliphatic hydroxyl groups excluding tert-OH is 1. The molecule has 0 aliphatic rings. The molecule has 0 fully saturated rings. The van der Waals surface area contributed by atoms with E-state index in [1.165, 1.54) is 0 Å². The zero-order chi connectivity index (χ0) is 12.8. The normalized spacial score (nSPS) is 13.9. The first-order valence-electron chi connectivity index (χ1n) is 6.25. The predicted octanol–water partition coefficient (Wildman–Crippen LogP) is 2.34. The minimum Gasteiger partial charge on any atom is -0.396 e. The van der Waals surface area contributed by atoms with Crippen molar-refractivity contribution in [2.75, 3.05) is 6.61 Å². The van der Waals surface area contributed by atoms with Gasteiger partial charge >= 0.3 is 0 Å². The summed E-state index contributed by atoms with van der Waals surface area (Å²) in [4.78, 5) is 12.1. The molecule has 2 N–H and O–H groups in total. The van der Waals surface area contributed by atoms with Gasteiger partial charge in [-0.1, -0.05) is 34.6 Å². The molecule has 16 heavy (non-hydrogen) atoms. The van der Waals surface area contributed by atoms with Crippen LogP contribution in [-0.4, -0.2) is 23.7 Å². The lowest BCUT2D eigenvalue weighted by Crippen LogP contribution is -2.43. The van der Waals surface area contributed by atoms with Crippen LogP contribution < -0.4 is 5.32 Å². The second-order valence-corrected chi connectivity index (χ2v) is 5.57. The van der Waals surface area contributed by atoms with Gasteiger partial charge in [-0.2, -0.15) is 0 Å². The molecule has 1 atom stereocenters. The van der Waals surface area contributed by atoms with Gasteiger partial charge in [0.05, 0.1) is 0 Å². The summed E-state index contributed by atoms with van der Waals surface area (Å²) >= 11 is 0. The van der Waals surface area contributed by atoms with Crippen molar-refractivity contribution >= 4 is 5.91 Å². The Morgan fingerprint density at radius 3 is 2.31 bits per heavy atom. The lowest BCUT2D eigenvalue weighted by atomic mass is 9.83. The minimum absolute atomic E-state index is 0.0986. The van der Waals surface area contributed by atoms with Crippen LogP contribution in [0.15, 0.2) is 0 Å². The topological polar surface area (TPSA) is 49.3 Å². The lowest BCUT2D eigenvalue weighted by molar-refractivity contribution is -0.131. The van der Waals surface area contributed by atoms with Crippen molar-refractivity contribution in [3.8, 4) is 0 Å². The van der Waals surface area contributed by atoms with Crippen molar-refractivity contribution in [2.45, 2.75) is 59.9 Å². The SMILES string of the molecule is CCC(CCO)NC(=O)C(C)(C)CC(C)C. The van der Waals surface area contributed by atoms with Crippen molar-refractivity contribution < 1.29 is 9.90 Å². The number of nitrogens with one attached hydrogen (secondary N) is 1. The fourth-order valence-corrected chi connectivity index (χ4v) is 2.03. The van der Waals surface area contributed by atoms with E-state index in [2.05, 4.69) is 19.2 Å². The molecule has 0 spiro atoms. The average molecular weight is 229 g/mol. The van der Waals surface area contributed by atoms with Crippen molar-refractivity contribution in [2.24, 2.45) is 11.3 Å². The largest absolute Gasteiger partial charge is 0.396 e. The molecule has 3 heteroatoms. The average Bonchev–Trinajstić information content (AvgIpc) is 2.14. The third-order valence-corrected chi connectivity index (χ3v) is 2.84. The van der Waals surface area contributed by atoms with Crippen molar-refractivity contribution in [3.05, 3.63) is 0 Å². The maximum atomic E-state index is 12.1. The van der Waals surface area contributed by atoms with Crippen LogP contribution >= 0.6 is 0 Å². The van der Waals surface area contributed by atoms with Crippen LogP contribution in [0.2, 0.25) is 0 Å². The molecule has 0 aliphatic carbocycles. The zero-order valence-corrected chi connectivity index (χ0v) is 11.3. The standard InChI is InChI=1S/C13H27NO2/c1-6-11(7-8-15)14-12(16)13(4,5)9-10(2)3/h10-11,15H,6-9H2,1-5H3,(H,14,16). The summed E-state index contributed by atoms with van der Waals surface area (Å²) < 4.78 is 0. The Balaban J connectivity index is 4.31. The van der Waals surface area contributed by atoms with Gasteiger partial charge in [-0.3, -0.25) is 4.79 Å². The molecule has 0 saturated carbocycles. The molecule has 1 unspecified atom stereocenters. The Hall–Kier alpha value is -0.570. The van der Waals surface area contributed by atoms with Gasteiger partial charge in [0.15, 0.2) is 0 Å². The first-order chi connectivity index (χ1) is 7.33. The van der Waals surface area contributed by atoms with Crippen LogP contribution in [0.5, 0.6) is 0 Å². The highest BCUT2D eigenvalue weighted by molar-refractivity contribution is 5.82. The van der Waals surface area contributed by atoms with E-state index in [9.17, 15) is 4.79 Å². The van der Waals surface area contributed by atoms with Crippen LogP contribution in [0.4, 0.5) is 0 Å². The highest BCUT2D eigenvalue weighted by atomic mass is 16.3. The Kier molecular flexibility index (Phi) is 6.65. The van der Waals surface area contributed by atoms with E-state index in [4.69, 9.17) is 5.11 Å². The maximum absolute atomic E-state index is 12.1. The van der Waals surface area contributed by atoms with Gasteiger partial charge in [0.1, 0.15) is 0 Å². The second-order valence-electron chi connectivity index (χ2n) is 5.57. The Morgan fingerprint density at radius 2 is 1.94 bits per heavy atom. The molecule has 1 amide bonds. The first kappa shape index (κ1) is 15.4. The van der Waals surface area contributed by atoms with Crippen molar-refractivity contribution in [3.63, 3.8) is 0 Å². The Morgan fingerprint density at radius 1 is 1.38 bits per heavy atom. The third kappa shape index (κ3) is 5.50. The summed E-state index contributed by atoms with van der Waals surface area (Å²) in [5.41, 5.74) is -0.322. The van der Waals surface area contributed by atoms with E-state index in [1.807, 2.05) is 20.8 Å². The van der Waals surface area contributed by atoms with Gasteiger partial charge in [-0.25, -0.2) is 0 Å². The summed E-state index contributed by atoms with van der Waals surface area (Å²) in [6.07, 6.45) is 2.39. The van der Waals surface area contributed by atoms with Crippen LogP contribution in [0.1, 0.15) is 53.9 Å². The zero-order valence-electron chi connectivity index (χ0n) is 11.3. The van der Waals surface area contributed by atoms with Gasteiger partial charge in [-0.05, 0) is 25.2 Å². The molecule has 3 nitrogen and oxygen atoms in total. The molecule has 0 bridgehead atoms. The van der Waals surface area contributed by atoms with Crippen molar-refractivity contribution in [1.82, 2.24) is 5.32 Å². The van der Waals surface area contributed by atoms with Gasteiger partial charge in [0.25, 0.3) is 0 Å². The van der Waals surface area contributed by atoms with E-state index in [0.29, 0.717) is 12.3 Å². The summed E-state index contributed by atoms with van der Waals surface area (Å²) in [6, 6.07) is 0.101. The number of hydrogen-bond acceptors (Lipinski definition) is 2. The van der Waals surface area contributed by atoms with Crippen LogP contribution in [0.3, 0.4) is 0 Å². The number of carbonyl (C=O) groups excluding carboxylic acids is 1. The number of aliphatic hydroxyl groups is 1. The molecule has 0 radical (unpaired) electrons. The van der Waals surface area contributed by atoms with Gasteiger partial charge in [0.2, 0.25) is 5.91 Å². The van der Waals surface area contributed by atoms with Crippen LogP contribution in [0, 0.1) is 11.3 Å². The van der Waals surface area contributed by atoms with Gasteiger partial charge < -0.3 is 10.4 Å². The molecule has 96 valence electrons. The van der Waals surface area contributed by atoms with Gasteiger partial charge in [-0.15, -0.1) is 0 Å². The smallest absolute Gasteiger partial charge is 0.225 e. The monoisotopic (exact) mass is 229 g/mol. The summed E-state index contributed by atoms with van der Waals surface area (Å²) in [5, 5.41) is 11.9. The molecule has 0 saturated heterocycles. The van der Waals surface area contributed by atoms with Crippen LogP contribution in [0.25, 0.3) is 0 Å². The van der Waals surface area contributed by atoms with E-state index < -0.39 is 0 Å². The molecular formula is C13H27NO2. The number of carbonyl (C=O) groups is 1. The first-order valence-corrected chi connectivity index (χ1v) is 6.25. The van der Waals surface area contributed by atoms with E-state index in [1.54, 1.807) is 0 Å². The summed E-state index contributed by atoms with van der Waals surface area (Å²) in [5.74, 6) is 0.611. The highest BCUT2D eigenvalue weighted by Gasteiger charge is 2.29. The Labute approximate surface area is 99.6 Å². The highest BCUT2D eigenvalue weighted by Crippen LogP contribution is 2.25. The Bertz CT molecular complexity index is 212. The lowest BCUT2D eigenvalue weighted by Gasteiger charge is -2.28. The quantitative estimate of drug-likeness (QED) is 0.704.